The van der Waals surface area contributed by atoms with Crippen molar-refractivity contribution in [2.24, 2.45) is 5.92 Å². The highest BCUT2D eigenvalue weighted by Crippen LogP contribution is 2.22. The minimum absolute atomic E-state index is 0.667. The van der Waals surface area contributed by atoms with Crippen LogP contribution in [0.1, 0.15) is 53.4 Å². The molecule has 0 radical (unpaired) electrons. The second-order valence-corrected chi connectivity index (χ2v) is 5.22. The van der Waals surface area contributed by atoms with Gasteiger partial charge >= 0.3 is 0 Å². The second kappa shape index (κ2) is 7.29. The monoisotopic (exact) mass is 226 g/mol. The number of likely N-dealkylation sites (N-methyl/N-ethyl adjacent to an activating group) is 1. The molecule has 0 bridgehead atoms. The Morgan fingerprint density at radius 3 is 2.62 bits per heavy atom. The zero-order chi connectivity index (χ0) is 12.0. The van der Waals surface area contributed by atoms with Crippen molar-refractivity contribution in [2.75, 3.05) is 19.6 Å². The average molecular weight is 226 g/mol. The van der Waals surface area contributed by atoms with Gasteiger partial charge in [-0.25, -0.2) is 0 Å². The number of likely N-dealkylation sites (tertiary alicyclic amines) is 1. The van der Waals surface area contributed by atoms with Crippen molar-refractivity contribution < 1.29 is 0 Å². The maximum atomic E-state index is 3.62. The van der Waals surface area contributed by atoms with Crippen LogP contribution >= 0.6 is 0 Å². The Balaban J connectivity index is 2.47. The standard InChI is InChI=1S/C14H30N2/c1-5-13-9-8-10-16(11-13)12(4)14(6-2)15-7-3/h12-15H,5-11H2,1-4H3. The van der Waals surface area contributed by atoms with E-state index in [1.165, 1.54) is 38.8 Å². The van der Waals surface area contributed by atoms with Crippen LogP contribution in [-0.2, 0) is 0 Å². The van der Waals surface area contributed by atoms with Gasteiger partial charge in [0.2, 0.25) is 0 Å². The summed E-state index contributed by atoms with van der Waals surface area (Å²) in [5, 5.41) is 3.62. The Morgan fingerprint density at radius 2 is 2.06 bits per heavy atom. The van der Waals surface area contributed by atoms with Crippen LogP contribution in [0.4, 0.5) is 0 Å². The van der Waals surface area contributed by atoms with E-state index in [1.54, 1.807) is 0 Å². The summed E-state index contributed by atoms with van der Waals surface area (Å²) >= 11 is 0. The van der Waals surface area contributed by atoms with Crippen LogP contribution in [0.2, 0.25) is 0 Å². The summed E-state index contributed by atoms with van der Waals surface area (Å²) in [4.78, 5) is 2.70. The van der Waals surface area contributed by atoms with Crippen molar-refractivity contribution in [2.45, 2.75) is 65.5 Å². The zero-order valence-electron chi connectivity index (χ0n) is 11.6. The Morgan fingerprint density at radius 1 is 1.31 bits per heavy atom. The summed E-state index contributed by atoms with van der Waals surface area (Å²) in [6, 6.07) is 1.36. The third kappa shape index (κ3) is 3.74. The van der Waals surface area contributed by atoms with Gasteiger partial charge in [0.15, 0.2) is 0 Å². The molecule has 16 heavy (non-hydrogen) atoms. The van der Waals surface area contributed by atoms with E-state index in [0.717, 1.165) is 12.5 Å². The van der Waals surface area contributed by atoms with Gasteiger partial charge in [0.1, 0.15) is 0 Å². The van der Waals surface area contributed by atoms with Gasteiger partial charge in [-0.3, -0.25) is 4.90 Å². The molecule has 0 saturated carbocycles. The first-order chi connectivity index (χ1) is 7.72. The Labute approximate surface area is 102 Å². The normalized spacial score (nSPS) is 26.6. The molecule has 2 heteroatoms. The molecule has 3 atom stereocenters. The molecular weight excluding hydrogens is 196 g/mol. The molecule has 0 aromatic rings. The third-order valence-corrected chi connectivity index (χ3v) is 4.19. The molecule has 0 aromatic heterocycles. The fourth-order valence-corrected chi connectivity index (χ4v) is 2.97. The minimum atomic E-state index is 0.667. The molecule has 3 unspecified atom stereocenters. The van der Waals surface area contributed by atoms with E-state index >= 15 is 0 Å². The van der Waals surface area contributed by atoms with E-state index in [4.69, 9.17) is 0 Å². The topological polar surface area (TPSA) is 15.3 Å². The molecule has 1 N–H and O–H groups in total. The largest absolute Gasteiger partial charge is 0.313 e. The smallest absolute Gasteiger partial charge is 0.0221 e. The number of rotatable bonds is 6. The zero-order valence-corrected chi connectivity index (χ0v) is 11.6. The van der Waals surface area contributed by atoms with Crippen molar-refractivity contribution in [3.63, 3.8) is 0 Å². The summed E-state index contributed by atoms with van der Waals surface area (Å²) in [6.45, 7) is 13.0. The van der Waals surface area contributed by atoms with Gasteiger partial charge in [-0.05, 0) is 45.2 Å². The Bertz CT molecular complexity index is 182. The van der Waals surface area contributed by atoms with Gasteiger partial charge in [-0.15, -0.1) is 0 Å². The highest BCUT2D eigenvalue weighted by Gasteiger charge is 2.26. The van der Waals surface area contributed by atoms with Crippen molar-refractivity contribution in [3.05, 3.63) is 0 Å². The van der Waals surface area contributed by atoms with Crippen molar-refractivity contribution >= 4 is 0 Å². The molecule has 1 aliphatic rings. The van der Waals surface area contributed by atoms with E-state index in [-0.39, 0.29) is 0 Å². The van der Waals surface area contributed by atoms with E-state index in [1.807, 2.05) is 0 Å². The van der Waals surface area contributed by atoms with Crippen molar-refractivity contribution in [3.8, 4) is 0 Å². The van der Waals surface area contributed by atoms with E-state index in [2.05, 4.69) is 37.9 Å². The molecule has 0 amide bonds. The van der Waals surface area contributed by atoms with Gasteiger partial charge in [0.25, 0.3) is 0 Å². The quantitative estimate of drug-likeness (QED) is 0.749. The highest BCUT2D eigenvalue weighted by atomic mass is 15.2. The van der Waals surface area contributed by atoms with Crippen LogP contribution in [0.25, 0.3) is 0 Å². The molecule has 96 valence electrons. The van der Waals surface area contributed by atoms with Crippen LogP contribution in [0, 0.1) is 5.92 Å². The number of nitrogens with one attached hydrogen (secondary N) is 1. The number of hydrogen-bond acceptors (Lipinski definition) is 2. The first-order valence-corrected chi connectivity index (χ1v) is 7.20. The number of hydrogen-bond donors (Lipinski definition) is 1. The number of piperidine rings is 1. The molecule has 1 rings (SSSR count). The fraction of sp³-hybridized carbons (Fsp3) is 1.00. The van der Waals surface area contributed by atoms with Crippen LogP contribution in [0.15, 0.2) is 0 Å². The van der Waals surface area contributed by atoms with Gasteiger partial charge in [-0.1, -0.05) is 27.2 Å². The first-order valence-electron chi connectivity index (χ1n) is 7.20. The van der Waals surface area contributed by atoms with Crippen LogP contribution in [-0.4, -0.2) is 36.6 Å². The molecule has 1 aliphatic heterocycles. The Kier molecular flexibility index (Phi) is 6.37. The Hall–Kier alpha value is -0.0800. The first kappa shape index (κ1) is 14.0. The molecule has 1 fully saturated rings. The second-order valence-electron chi connectivity index (χ2n) is 5.22. The lowest BCUT2D eigenvalue weighted by molar-refractivity contribution is 0.105. The molecular formula is C14H30N2. The lowest BCUT2D eigenvalue weighted by Crippen LogP contribution is -2.51. The van der Waals surface area contributed by atoms with Crippen LogP contribution in [0.3, 0.4) is 0 Å². The van der Waals surface area contributed by atoms with E-state index in [0.29, 0.717) is 12.1 Å². The fourth-order valence-electron chi connectivity index (χ4n) is 2.97. The van der Waals surface area contributed by atoms with Gasteiger partial charge in [0, 0.05) is 18.6 Å². The molecule has 1 saturated heterocycles. The molecule has 1 heterocycles. The maximum absolute atomic E-state index is 3.62. The third-order valence-electron chi connectivity index (χ3n) is 4.19. The lowest BCUT2D eigenvalue weighted by Gasteiger charge is -2.40. The van der Waals surface area contributed by atoms with Crippen molar-refractivity contribution in [1.82, 2.24) is 10.2 Å². The van der Waals surface area contributed by atoms with Crippen LogP contribution < -0.4 is 5.32 Å². The van der Waals surface area contributed by atoms with Gasteiger partial charge < -0.3 is 5.32 Å². The van der Waals surface area contributed by atoms with E-state index < -0.39 is 0 Å². The number of nitrogens with zero attached hydrogens (tertiary/aromatic N) is 1. The van der Waals surface area contributed by atoms with Gasteiger partial charge in [0.05, 0.1) is 0 Å². The summed E-state index contributed by atoms with van der Waals surface area (Å²) in [6.07, 6.45) is 5.42. The maximum Gasteiger partial charge on any atom is 0.0221 e. The molecule has 0 spiro atoms. The van der Waals surface area contributed by atoms with Crippen molar-refractivity contribution in [1.29, 1.82) is 0 Å². The molecule has 0 aliphatic carbocycles. The highest BCUT2D eigenvalue weighted by molar-refractivity contribution is 4.83. The summed E-state index contributed by atoms with van der Waals surface area (Å²) in [7, 11) is 0. The summed E-state index contributed by atoms with van der Waals surface area (Å²) in [5.74, 6) is 0.940. The minimum Gasteiger partial charge on any atom is -0.313 e. The SMILES string of the molecule is CCNC(CC)C(C)N1CCCC(CC)C1. The van der Waals surface area contributed by atoms with E-state index in [9.17, 15) is 0 Å². The van der Waals surface area contributed by atoms with Gasteiger partial charge in [-0.2, -0.15) is 0 Å². The molecule has 0 aromatic carbocycles. The van der Waals surface area contributed by atoms with Crippen LogP contribution in [0.5, 0.6) is 0 Å². The molecule has 2 nitrogen and oxygen atoms in total. The summed E-state index contributed by atoms with van der Waals surface area (Å²) < 4.78 is 0. The predicted molar refractivity (Wildman–Crippen MR) is 71.8 cm³/mol. The lowest BCUT2D eigenvalue weighted by atomic mass is 9.93. The predicted octanol–water partition coefficient (Wildman–Crippen LogP) is 2.89. The average Bonchev–Trinajstić information content (AvgIpc) is 2.35. The summed E-state index contributed by atoms with van der Waals surface area (Å²) in [5.41, 5.74) is 0.